The fourth-order valence-electron chi connectivity index (χ4n) is 5.57. The van der Waals surface area contributed by atoms with Crippen LogP contribution in [0.3, 0.4) is 0 Å². The summed E-state index contributed by atoms with van der Waals surface area (Å²) in [5.74, 6) is -0.381. The van der Waals surface area contributed by atoms with Gasteiger partial charge in [0, 0.05) is 26.7 Å². The summed E-state index contributed by atoms with van der Waals surface area (Å²) in [5.41, 5.74) is -0.734. The first-order valence-corrected chi connectivity index (χ1v) is 12.5. The molecule has 12 heteroatoms. The zero-order valence-corrected chi connectivity index (χ0v) is 21.7. The normalized spacial score (nSPS) is 22.2. The van der Waals surface area contributed by atoms with Crippen LogP contribution in [0, 0.1) is 23.6 Å². The summed E-state index contributed by atoms with van der Waals surface area (Å²) in [4.78, 5) is 38.2. The lowest BCUT2D eigenvalue weighted by Crippen LogP contribution is -2.40. The van der Waals surface area contributed by atoms with Gasteiger partial charge in [-0.25, -0.2) is 14.0 Å². The zero-order chi connectivity index (χ0) is 27.4. The van der Waals surface area contributed by atoms with Gasteiger partial charge in [-0.15, -0.1) is 0 Å². The second-order valence-corrected chi connectivity index (χ2v) is 10.9. The molecule has 1 aliphatic carbocycles. The fourth-order valence-corrected chi connectivity index (χ4v) is 5.57. The van der Waals surface area contributed by atoms with Crippen molar-refractivity contribution in [2.75, 3.05) is 43.3 Å². The van der Waals surface area contributed by atoms with Crippen molar-refractivity contribution in [1.82, 2.24) is 9.99 Å². The first-order valence-electron chi connectivity index (χ1n) is 12.5. The number of nitrogens with zero attached hydrogens (tertiary/aromatic N) is 3. The van der Waals surface area contributed by atoms with Gasteiger partial charge in [-0.1, -0.05) is 12.2 Å². The number of rotatable bonds is 4. The Hall–Kier alpha value is -3.96. The average molecular weight is 531 g/mol. The van der Waals surface area contributed by atoms with E-state index in [9.17, 15) is 14.4 Å². The number of anilines is 1. The molecule has 0 bridgehead atoms. The van der Waals surface area contributed by atoms with Crippen LogP contribution in [0.1, 0.15) is 27.2 Å². The highest BCUT2D eigenvalue weighted by Crippen LogP contribution is 2.45. The van der Waals surface area contributed by atoms with Crippen LogP contribution in [0.5, 0.6) is 11.5 Å². The third kappa shape index (κ3) is 4.70. The highest BCUT2D eigenvalue weighted by molar-refractivity contribution is 5.93. The molecule has 11 nitrogen and oxygen atoms in total. The molecule has 0 saturated carbocycles. The number of ether oxygens (including phenoxy) is 3. The number of benzene rings is 1. The standard InChI is InChI=1S/C26H31FN4O7/c1-26(2,3)38-24(33)28-9-14-6-5-7-15-10-30(11-17(14)15)21-18(27)8-16-20-23(21)36-13-29(4)31(20)12-19(22(16)32)37-25(34)35/h5,7-8,12,14-15,17H,6,9-11,13H2,1-4H3,(H,28,33)(H,34,35). The molecule has 1 aromatic carbocycles. The molecule has 1 amide bonds. The topological polar surface area (TPSA) is 123 Å². The second-order valence-electron chi connectivity index (χ2n) is 10.9. The predicted octanol–water partition coefficient (Wildman–Crippen LogP) is 3.27. The number of pyridine rings is 1. The number of allylic oxidation sites excluding steroid dienone is 1. The number of hydrogen-bond acceptors (Lipinski definition) is 8. The van der Waals surface area contributed by atoms with Gasteiger partial charge in [0.05, 0.1) is 11.6 Å². The molecule has 2 aromatic rings. The van der Waals surface area contributed by atoms with Crippen LogP contribution in [0.15, 0.2) is 29.2 Å². The van der Waals surface area contributed by atoms with E-state index in [0.29, 0.717) is 25.2 Å². The van der Waals surface area contributed by atoms with Crippen molar-refractivity contribution in [2.24, 2.45) is 17.8 Å². The van der Waals surface area contributed by atoms with E-state index in [1.807, 2.05) is 25.7 Å². The molecule has 0 spiro atoms. The third-order valence-electron chi connectivity index (χ3n) is 7.14. The van der Waals surface area contributed by atoms with Crippen molar-refractivity contribution in [3.8, 4) is 11.5 Å². The Morgan fingerprint density at radius 2 is 2.05 bits per heavy atom. The monoisotopic (exact) mass is 530 g/mol. The smallest absolute Gasteiger partial charge is 0.467 e. The Kier molecular flexibility index (Phi) is 6.36. The summed E-state index contributed by atoms with van der Waals surface area (Å²) in [6, 6.07) is 1.11. The van der Waals surface area contributed by atoms with E-state index >= 15 is 4.39 Å². The second kappa shape index (κ2) is 9.41. The lowest BCUT2D eigenvalue weighted by Gasteiger charge is -2.33. The summed E-state index contributed by atoms with van der Waals surface area (Å²) in [7, 11) is 1.69. The van der Waals surface area contributed by atoms with Gasteiger partial charge in [-0.05, 0) is 51.0 Å². The molecule has 1 saturated heterocycles. The molecule has 3 atom stereocenters. The maximum atomic E-state index is 15.7. The van der Waals surface area contributed by atoms with Gasteiger partial charge in [0.15, 0.2) is 18.3 Å². The quantitative estimate of drug-likeness (QED) is 0.453. The molecule has 3 heterocycles. The number of hydrogen-bond donors (Lipinski definition) is 2. The summed E-state index contributed by atoms with van der Waals surface area (Å²) in [6.45, 7) is 7.00. The van der Waals surface area contributed by atoms with E-state index in [0.717, 1.165) is 12.5 Å². The Morgan fingerprint density at radius 3 is 2.76 bits per heavy atom. The largest absolute Gasteiger partial charge is 0.511 e. The minimum atomic E-state index is -1.63. The molecule has 38 heavy (non-hydrogen) atoms. The van der Waals surface area contributed by atoms with Crippen molar-refractivity contribution < 1.29 is 33.3 Å². The van der Waals surface area contributed by atoms with E-state index in [4.69, 9.17) is 14.6 Å². The fraction of sp³-hybridized carbons (Fsp3) is 0.500. The van der Waals surface area contributed by atoms with Crippen molar-refractivity contribution >= 4 is 28.8 Å². The molecule has 3 unspecified atom stereocenters. The maximum absolute atomic E-state index is 15.7. The van der Waals surface area contributed by atoms with Gasteiger partial charge in [0.2, 0.25) is 11.2 Å². The third-order valence-corrected chi connectivity index (χ3v) is 7.14. The number of aromatic nitrogens is 1. The van der Waals surface area contributed by atoms with E-state index in [1.165, 1.54) is 6.20 Å². The number of amides is 1. The van der Waals surface area contributed by atoms with E-state index in [2.05, 4.69) is 22.2 Å². The molecule has 3 aliphatic rings. The van der Waals surface area contributed by atoms with Crippen molar-refractivity contribution in [2.45, 2.75) is 32.8 Å². The van der Waals surface area contributed by atoms with Gasteiger partial charge in [-0.3, -0.25) is 14.5 Å². The van der Waals surface area contributed by atoms with Crippen molar-refractivity contribution in [3.05, 3.63) is 40.5 Å². The summed E-state index contributed by atoms with van der Waals surface area (Å²) < 4.78 is 33.2. The Morgan fingerprint density at radius 1 is 1.29 bits per heavy atom. The summed E-state index contributed by atoms with van der Waals surface area (Å²) in [5, 5.41) is 13.5. The van der Waals surface area contributed by atoms with Crippen LogP contribution in [-0.2, 0) is 4.74 Å². The Bertz CT molecular complexity index is 1380. The van der Waals surface area contributed by atoms with Crippen LogP contribution in [0.25, 0.3) is 10.9 Å². The van der Waals surface area contributed by atoms with Gasteiger partial charge < -0.3 is 29.5 Å². The van der Waals surface area contributed by atoms with Crippen molar-refractivity contribution in [1.29, 1.82) is 0 Å². The number of nitrogens with one attached hydrogen (secondary N) is 1. The molecular weight excluding hydrogens is 499 g/mol. The first kappa shape index (κ1) is 25.7. The summed E-state index contributed by atoms with van der Waals surface area (Å²) >= 11 is 0. The molecule has 1 aromatic heterocycles. The minimum Gasteiger partial charge on any atom is -0.467 e. The highest BCUT2D eigenvalue weighted by Gasteiger charge is 2.41. The summed E-state index contributed by atoms with van der Waals surface area (Å²) in [6.07, 6.45) is 4.19. The van der Waals surface area contributed by atoms with Crippen LogP contribution >= 0.6 is 0 Å². The zero-order valence-electron chi connectivity index (χ0n) is 21.7. The molecular formula is C26H31FN4O7. The average Bonchev–Trinajstić information content (AvgIpc) is 3.25. The molecule has 2 aliphatic heterocycles. The predicted molar refractivity (Wildman–Crippen MR) is 137 cm³/mol. The Balaban J connectivity index is 1.46. The number of carboxylic acid groups (broad SMARTS) is 1. The Labute approximate surface area is 218 Å². The van der Waals surface area contributed by atoms with E-state index in [-0.39, 0.29) is 41.3 Å². The van der Waals surface area contributed by atoms with E-state index in [1.54, 1.807) is 16.7 Å². The van der Waals surface area contributed by atoms with Gasteiger partial charge >= 0.3 is 12.2 Å². The van der Waals surface area contributed by atoms with Crippen LogP contribution in [0.4, 0.5) is 19.7 Å². The minimum absolute atomic E-state index is 0.0394. The first-order chi connectivity index (χ1) is 17.9. The molecule has 2 N–H and O–H groups in total. The van der Waals surface area contributed by atoms with Gasteiger partial charge in [0.1, 0.15) is 16.8 Å². The molecule has 1 fully saturated rings. The van der Waals surface area contributed by atoms with Gasteiger partial charge in [0.25, 0.3) is 0 Å². The number of halogens is 1. The lowest BCUT2D eigenvalue weighted by molar-refractivity contribution is 0.0511. The molecule has 5 rings (SSSR count). The van der Waals surface area contributed by atoms with Gasteiger partial charge in [-0.2, -0.15) is 0 Å². The molecule has 0 radical (unpaired) electrons. The number of carbonyl (C=O) groups is 2. The number of carbonyl (C=O) groups excluding carboxylic acids is 1. The van der Waals surface area contributed by atoms with E-state index < -0.39 is 34.8 Å². The van der Waals surface area contributed by atoms with Crippen LogP contribution in [0.2, 0.25) is 0 Å². The van der Waals surface area contributed by atoms with Crippen molar-refractivity contribution in [3.63, 3.8) is 0 Å². The highest BCUT2D eigenvalue weighted by atomic mass is 19.1. The lowest BCUT2D eigenvalue weighted by atomic mass is 9.78. The molecule has 204 valence electrons. The van der Waals surface area contributed by atoms with Crippen LogP contribution < -0.4 is 30.1 Å². The van der Waals surface area contributed by atoms with Crippen LogP contribution in [-0.4, -0.2) is 61.0 Å². The maximum Gasteiger partial charge on any atom is 0.511 e. The SMILES string of the molecule is CN1COc2c(N3CC4C=CCC(CNC(=O)OC(C)(C)C)C4C3)c(F)cc3c(=O)c(OC(=O)O)cn1c23. The number of alkyl carbamates (subject to hydrolysis) is 1. The number of fused-ring (bicyclic) bond motifs is 1.